The molecule has 0 radical (unpaired) electrons. The van der Waals surface area contributed by atoms with E-state index in [1.165, 1.54) is 80.7 Å². The Bertz CT molecular complexity index is 3470. The molecule has 10 aromatic rings. The molecular weight excluding hydrogens is 735 g/mol. The zero-order chi connectivity index (χ0) is 40.1. The number of para-hydroxylation sites is 3. The summed E-state index contributed by atoms with van der Waals surface area (Å²) in [5.41, 5.74) is 16.2. The Morgan fingerprint density at radius 3 is 1.98 bits per heavy atom. The van der Waals surface area contributed by atoms with Gasteiger partial charge in [-0.25, -0.2) is 0 Å². The highest BCUT2D eigenvalue weighted by molar-refractivity contribution is 7.33. The zero-order valence-corrected chi connectivity index (χ0v) is 34.9. The minimum Gasteiger partial charge on any atom is -0.310 e. The normalized spacial score (nSPS) is 13.5. The average molecular weight is 777 g/mol. The molecule has 12 rings (SSSR count). The second-order valence-electron chi connectivity index (χ2n) is 18.5. The van der Waals surface area contributed by atoms with Crippen LogP contribution in [0.4, 0.5) is 17.1 Å². The van der Waals surface area contributed by atoms with Crippen molar-refractivity contribution >= 4 is 105 Å². The molecule has 0 atom stereocenters. The number of aromatic nitrogens is 2. The van der Waals surface area contributed by atoms with Crippen molar-refractivity contribution in [3.63, 3.8) is 0 Å². The third kappa shape index (κ3) is 4.71. The summed E-state index contributed by atoms with van der Waals surface area (Å²) in [4.78, 5) is 2.48. The second kappa shape index (κ2) is 11.8. The molecule has 7 aromatic carbocycles. The number of nitriles is 1. The lowest BCUT2D eigenvalue weighted by molar-refractivity contribution is 0.590. The van der Waals surface area contributed by atoms with Crippen LogP contribution >= 0.6 is 11.3 Å². The van der Waals surface area contributed by atoms with Crippen molar-refractivity contribution in [3.05, 3.63) is 156 Å². The first-order valence-corrected chi connectivity index (χ1v) is 21.4. The van der Waals surface area contributed by atoms with Gasteiger partial charge in [0.2, 0.25) is 0 Å². The number of hydrogen-bond donors (Lipinski definition) is 0. The van der Waals surface area contributed by atoms with Gasteiger partial charge < -0.3 is 14.0 Å². The second-order valence-corrected chi connectivity index (χ2v) is 19.6. The number of thiophene rings is 1. The highest BCUT2D eigenvalue weighted by atomic mass is 32.1. The molecular formula is C53H41BN4S. The third-order valence-corrected chi connectivity index (χ3v) is 14.2. The fourth-order valence-electron chi connectivity index (χ4n) is 10.2. The van der Waals surface area contributed by atoms with E-state index in [1.54, 1.807) is 0 Å². The third-order valence-electron chi connectivity index (χ3n) is 13.0. The first-order chi connectivity index (χ1) is 28.5. The highest BCUT2D eigenvalue weighted by Crippen LogP contribution is 2.48. The molecule has 0 unspecified atom stereocenters. The van der Waals surface area contributed by atoms with Gasteiger partial charge in [-0.15, -0.1) is 11.3 Å². The van der Waals surface area contributed by atoms with Crippen molar-refractivity contribution in [2.75, 3.05) is 4.90 Å². The van der Waals surface area contributed by atoms with E-state index in [4.69, 9.17) is 0 Å². The van der Waals surface area contributed by atoms with E-state index in [1.807, 2.05) is 11.3 Å². The van der Waals surface area contributed by atoms with Crippen LogP contribution in [-0.2, 0) is 10.8 Å². The lowest BCUT2D eigenvalue weighted by Gasteiger charge is -2.39. The van der Waals surface area contributed by atoms with Crippen LogP contribution in [0.15, 0.2) is 140 Å². The Morgan fingerprint density at radius 1 is 0.542 bits per heavy atom. The number of fused-ring (bicyclic) bond motifs is 12. The largest absolute Gasteiger partial charge is 0.310 e. The molecule has 0 fully saturated rings. The Balaban J connectivity index is 1.23. The van der Waals surface area contributed by atoms with Crippen molar-refractivity contribution in [2.24, 2.45) is 0 Å². The summed E-state index contributed by atoms with van der Waals surface area (Å²) < 4.78 is 7.52. The Labute approximate surface area is 348 Å². The summed E-state index contributed by atoms with van der Waals surface area (Å²) in [5.74, 6) is 0. The number of nitrogens with zero attached hydrogens (tertiary/aromatic N) is 4. The van der Waals surface area contributed by atoms with Crippen molar-refractivity contribution in [1.29, 1.82) is 5.26 Å². The molecule has 0 amide bonds. The molecule has 2 aliphatic rings. The van der Waals surface area contributed by atoms with Crippen LogP contribution in [0.25, 0.3) is 65.1 Å². The van der Waals surface area contributed by atoms with Gasteiger partial charge in [0.15, 0.2) is 0 Å². The molecule has 5 heterocycles. The minimum atomic E-state index is -0.00974. The van der Waals surface area contributed by atoms with Crippen molar-refractivity contribution in [2.45, 2.75) is 52.4 Å². The Kier molecular flexibility index (Phi) is 6.89. The molecule has 0 saturated carbocycles. The van der Waals surface area contributed by atoms with E-state index >= 15 is 0 Å². The molecule has 2 aliphatic heterocycles. The molecule has 6 heteroatoms. The first-order valence-electron chi connectivity index (χ1n) is 20.6. The van der Waals surface area contributed by atoms with Gasteiger partial charge in [0.05, 0.1) is 33.9 Å². The zero-order valence-electron chi connectivity index (χ0n) is 34.1. The van der Waals surface area contributed by atoms with Crippen LogP contribution < -0.4 is 20.6 Å². The molecule has 0 N–H and O–H groups in total. The van der Waals surface area contributed by atoms with Crippen LogP contribution in [-0.4, -0.2) is 15.8 Å². The summed E-state index contributed by atoms with van der Waals surface area (Å²) in [5, 5.41) is 17.0. The van der Waals surface area contributed by atoms with E-state index in [2.05, 4.69) is 201 Å². The summed E-state index contributed by atoms with van der Waals surface area (Å²) >= 11 is 1.92. The van der Waals surface area contributed by atoms with Gasteiger partial charge in [-0.2, -0.15) is 5.26 Å². The van der Waals surface area contributed by atoms with Crippen LogP contribution in [0.2, 0.25) is 0 Å². The van der Waals surface area contributed by atoms with E-state index < -0.39 is 0 Å². The quantitative estimate of drug-likeness (QED) is 0.164. The van der Waals surface area contributed by atoms with E-state index in [9.17, 15) is 5.26 Å². The number of benzene rings is 7. The predicted octanol–water partition coefficient (Wildman–Crippen LogP) is 12.2. The van der Waals surface area contributed by atoms with Gasteiger partial charge in [0, 0.05) is 64.7 Å². The molecule has 0 bridgehead atoms. The molecule has 3 aromatic heterocycles. The van der Waals surface area contributed by atoms with Crippen molar-refractivity contribution in [3.8, 4) is 17.4 Å². The SMILES string of the molecule is CC(C)(C)c1ccc(N2c3cc(C#N)cc4c3B(c3sc5ccc(C(C)(C)C)cc5c32)c2cccc3c5cc6c7ccccc7n(-c7ccccc7)c6cc5n-4c23)cc1. The fourth-order valence-corrected chi connectivity index (χ4v) is 11.5. The fraction of sp³-hybridized carbons (Fsp3) is 0.151. The Hall–Kier alpha value is -6.55. The maximum Gasteiger partial charge on any atom is 0.264 e. The maximum atomic E-state index is 10.8. The van der Waals surface area contributed by atoms with Gasteiger partial charge in [-0.05, 0) is 99.6 Å². The summed E-state index contributed by atoms with van der Waals surface area (Å²) in [6.45, 7) is 13.7. The smallest absolute Gasteiger partial charge is 0.264 e. The highest BCUT2D eigenvalue weighted by Gasteiger charge is 2.44. The molecule has 282 valence electrons. The summed E-state index contributed by atoms with van der Waals surface area (Å²) in [7, 11) is 0. The van der Waals surface area contributed by atoms with E-state index in [-0.39, 0.29) is 17.5 Å². The first kappa shape index (κ1) is 34.5. The van der Waals surface area contributed by atoms with E-state index in [0.717, 1.165) is 28.3 Å². The topological polar surface area (TPSA) is 36.9 Å². The molecule has 4 nitrogen and oxygen atoms in total. The van der Waals surface area contributed by atoms with Crippen molar-refractivity contribution < 1.29 is 0 Å². The minimum absolute atomic E-state index is 0.00256. The summed E-state index contributed by atoms with van der Waals surface area (Å²) in [6.07, 6.45) is 0. The van der Waals surface area contributed by atoms with Gasteiger partial charge in [0.1, 0.15) is 0 Å². The summed E-state index contributed by atoms with van der Waals surface area (Å²) in [6, 6.07) is 54.3. The van der Waals surface area contributed by atoms with Gasteiger partial charge in [-0.3, -0.25) is 0 Å². The van der Waals surface area contributed by atoms with E-state index in [0.29, 0.717) is 5.56 Å². The monoisotopic (exact) mass is 776 g/mol. The average Bonchev–Trinajstić information content (AvgIpc) is 3.89. The van der Waals surface area contributed by atoms with Gasteiger partial charge in [-0.1, -0.05) is 114 Å². The Morgan fingerprint density at radius 2 is 1.22 bits per heavy atom. The lowest BCUT2D eigenvalue weighted by atomic mass is 9.36. The maximum absolute atomic E-state index is 10.8. The molecule has 0 saturated heterocycles. The van der Waals surface area contributed by atoms with Crippen LogP contribution in [0.3, 0.4) is 0 Å². The van der Waals surface area contributed by atoms with Crippen LogP contribution in [0, 0.1) is 11.3 Å². The van der Waals surface area contributed by atoms with Gasteiger partial charge in [0.25, 0.3) is 6.71 Å². The predicted molar refractivity (Wildman–Crippen MR) is 252 cm³/mol. The molecule has 0 aliphatic carbocycles. The van der Waals surface area contributed by atoms with Crippen molar-refractivity contribution in [1.82, 2.24) is 9.13 Å². The van der Waals surface area contributed by atoms with Crippen LogP contribution in [0.5, 0.6) is 0 Å². The van der Waals surface area contributed by atoms with Crippen LogP contribution in [0.1, 0.15) is 58.2 Å². The lowest BCUT2D eigenvalue weighted by Crippen LogP contribution is -2.59. The number of hydrogen-bond acceptors (Lipinski definition) is 3. The molecule has 59 heavy (non-hydrogen) atoms. The number of rotatable bonds is 2. The standard InChI is InChI=1S/C53H41BN4S/c1-52(2,3)32-19-22-35(23-20-32)57-45-25-31(30-55)26-46-48(45)54(51-50(57)40-27-33(53(4,5)6)21-24-47(40)59-51)41-17-12-16-37-39-28-38-36-15-10-11-18-42(36)56(34-13-8-7-9-14-34)43(38)29-44(39)58(46)49(37)41/h7-29H,1-6H3. The number of anilines is 3. The molecule has 0 spiro atoms. The van der Waals surface area contributed by atoms with Gasteiger partial charge >= 0.3 is 0 Å².